The highest BCUT2D eigenvalue weighted by Crippen LogP contribution is 2.34. The SMILES string of the molecule is COc1cc(OC)c(C=c2sc3n(c2=O)C(c2ccc(Cl)cc2)C(C(=O)OC(C)C)=C(C)N=3)cc1Br. The minimum atomic E-state index is -0.712. The molecule has 7 nitrogen and oxygen atoms in total. The predicted octanol–water partition coefficient (Wildman–Crippen LogP) is 4.62. The van der Waals surface area contributed by atoms with Crippen LogP contribution in [0.2, 0.25) is 5.02 Å². The summed E-state index contributed by atoms with van der Waals surface area (Å²) >= 11 is 10.8. The molecule has 0 N–H and O–H groups in total. The molecule has 1 aromatic heterocycles. The number of hydrogen-bond acceptors (Lipinski definition) is 7. The number of halogens is 2. The summed E-state index contributed by atoms with van der Waals surface area (Å²) in [7, 11) is 3.12. The Morgan fingerprint density at radius 1 is 1.17 bits per heavy atom. The second kappa shape index (κ2) is 10.6. The van der Waals surface area contributed by atoms with Gasteiger partial charge in [-0.3, -0.25) is 9.36 Å². The highest BCUT2D eigenvalue weighted by Gasteiger charge is 2.33. The fraction of sp³-hybridized carbons (Fsp3) is 0.269. The summed E-state index contributed by atoms with van der Waals surface area (Å²) in [5, 5.41) is 0.551. The maximum absolute atomic E-state index is 13.8. The van der Waals surface area contributed by atoms with Crippen LogP contribution in [0.1, 0.15) is 37.9 Å². The quantitative estimate of drug-likeness (QED) is 0.391. The van der Waals surface area contributed by atoms with Gasteiger partial charge in [0.25, 0.3) is 5.56 Å². The van der Waals surface area contributed by atoms with Crippen molar-refractivity contribution in [3.63, 3.8) is 0 Å². The number of fused-ring (bicyclic) bond motifs is 1. The van der Waals surface area contributed by atoms with Gasteiger partial charge in [-0.05, 0) is 66.5 Å². The van der Waals surface area contributed by atoms with Gasteiger partial charge in [-0.1, -0.05) is 35.1 Å². The van der Waals surface area contributed by atoms with E-state index >= 15 is 0 Å². The first-order chi connectivity index (χ1) is 17.1. The number of rotatable bonds is 6. The minimum Gasteiger partial charge on any atom is -0.496 e. The summed E-state index contributed by atoms with van der Waals surface area (Å²) in [4.78, 5) is 32.0. The minimum absolute atomic E-state index is 0.282. The molecule has 0 fully saturated rings. The van der Waals surface area contributed by atoms with E-state index < -0.39 is 12.0 Å². The molecule has 0 bridgehead atoms. The van der Waals surface area contributed by atoms with E-state index in [4.69, 9.17) is 25.8 Å². The highest BCUT2D eigenvalue weighted by atomic mass is 79.9. The van der Waals surface area contributed by atoms with Gasteiger partial charge in [0.05, 0.1) is 46.6 Å². The Kier molecular flexibility index (Phi) is 7.73. The molecular weight excluding hydrogens is 568 g/mol. The van der Waals surface area contributed by atoms with Gasteiger partial charge in [0.2, 0.25) is 0 Å². The molecule has 2 heterocycles. The number of ether oxygens (including phenoxy) is 3. The molecule has 1 aliphatic rings. The molecule has 1 aliphatic heterocycles. The van der Waals surface area contributed by atoms with Crippen LogP contribution in [-0.2, 0) is 9.53 Å². The van der Waals surface area contributed by atoms with Crippen LogP contribution in [0.4, 0.5) is 0 Å². The number of allylic oxidation sites excluding steroid dienone is 1. The van der Waals surface area contributed by atoms with Gasteiger partial charge in [0, 0.05) is 16.7 Å². The molecule has 2 aromatic carbocycles. The number of hydrogen-bond donors (Lipinski definition) is 0. The predicted molar refractivity (Wildman–Crippen MR) is 144 cm³/mol. The van der Waals surface area contributed by atoms with Crippen molar-refractivity contribution in [3.05, 3.63) is 88.0 Å². The third kappa shape index (κ3) is 5.00. The van der Waals surface area contributed by atoms with Gasteiger partial charge >= 0.3 is 5.97 Å². The van der Waals surface area contributed by atoms with Crippen LogP contribution < -0.4 is 24.4 Å². The number of carbonyl (C=O) groups is 1. The fourth-order valence-electron chi connectivity index (χ4n) is 3.96. The van der Waals surface area contributed by atoms with Gasteiger partial charge < -0.3 is 14.2 Å². The molecule has 0 aliphatic carbocycles. The van der Waals surface area contributed by atoms with E-state index in [1.165, 1.54) is 15.9 Å². The lowest BCUT2D eigenvalue weighted by molar-refractivity contribution is -0.143. The van der Waals surface area contributed by atoms with E-state index in [1.807, 2.05) is 6.07 Å². The van der Waals surface area contributed by atoms with E-state index in [0.29, 0.717) is 42.7 Å². The van der Waals surface area contributed by atoms with E-state index in [9.17, 15) is 9.59 Å². The van der Waals surface area contributed by atoms with Crippen LogP contribution >= 0.6 is 38.9 Å². The molecule has 1 unspecified atom stereocenters. The molecule has 0 saturated heterocycles. The van der Waals surface area contributed by atoms with Gasteiger partial charge in [0.15, 0.2) is 4.80 Å². The molecule has 0 amide bonds. The topological polar surface area (TPSA) is 79.1 Å². The summed E-state index contributed by atoms with van der Waals surface area (Å²) in [5.74, 6) is 0.644. The number of nitrogens with zero attached hydrogens (tertiary/aromatic N) is 2. The first-order valence-corrected chi connectivity index (χ1v) is 13.0. The second-order valence-corrected chi connectivity index (χ2v) is 10.6. The maximum atomic E-state index is 13.8. The van der Waals surface area contributed by atoms with Crippen LogP contribution in [0.15, 0.2) is 61.9 Å². The van der Waals surface area contributed by atoms with Gasteiger partial charge in [-0.15, -0.1) is 0 Å². The number of aromatic nitrogens is 1. The van der Waals surface area contributed by atoms with E-state index in [1.54, 1.807) is 71.4 Å². The molecule has 188 valence electrons. The Morgan fingerprint density at radius 3 is 2.44 bits per heavy atom. The number of thiazole rings is 1. The van der Waals surface area contributed by atoms with Crippen molar-refractivity contribution < 1.29 is 19.0 Å². The standard InChI is InChI=1S/C26H24BrClN2O5S/c1-13(2)35-25(32)22-14(3)29-26-30(23(22)15-6-8-17(28)9-7-15)24(31)21(36-26)11-16-10-18(27)20(34-5)12-19(16)33-4/h6-13,23H,1-5H3. The molecule has 0 radical (unpaired) electrons. The van der Waals surface area contributed by atoms with Crippen molar-refractivity contribution in [1.29, 1.82) is 0 Å². The second-order valence-electron chi connectivity index (χ2n) is 8.32. The lowest BCUT2D eigenvalue weighted by Crippen LogP contribution is -2.40. The molecule has 4 rings (SSSR count). The molecular formula is C26H24BrClN2O5S. The zero-order valence-corrected chi connectivity index (χ0v) is 23.5. The van der Waals surface area contributed by atoms with Crippen molar-refractivity contribution >= 4 is 50.9 Å². The third-order valence-corrected chi connectivity index (χ3v) is 7.42. The van der Waals surface area contributed by atoms with Crippen molar-refractivity contribution in [2.45, 2.75) is 32.9 Å². The van der Waals surface area contributed by atoms with Crippen LogP contribution in [0.25, 0.3) is 6.08 Å². The maximum Gasteiger partial charge on any atom is 0.338 e. The van der Waals surface area contributed by atoms with E-state index in [2.05, 4.69) is 20.9 Å². The molecule has 3 aromatic rings. The largest absolute Gasteiger partial charge is 0.496 e. The summed E-state index contributed by atoms with van der Waals surface area (Å²) in [5.41, 5.74) is 1.94. The Hall–Kier alpha value is -2.88. The van der Waals surface area contributed by atoms with Crippen LogP contribution in [-0.4, -0.2) is 30.9 Å². The fourth-order valence-corrected chi connectivity index (χ4v) is 5.64. The summed E-state index contributed by atoms with van der Waals surface area (Å²) in [6.07, 6.45) is 1.42. The van der Waals surface area contributed by atoms with Crippen LogP contribution in [0.3, 0.4) is 0 Å². The molecule has 10 heteroatoms. The molecule has 0 saturated carbocycles. The molecule has 36 heavy (non-hydrogen) atoms. The van der Waals surface area contributed by atoms with Gasteiger partial charge in [-0.2, -0.15) is 0 Å². The van der Waals surface area contributed by atoms with Crippen LogP contribution in [0.5, 0.6) is 11.5 Å². The first kappa shape index (κ1) is 26.2. The Balaban J connectivity index is 1.95. The smallest absolute Gasteiger partial charge is 0.338 e. The molecule has 1 atom stereocenters. The zero-order chi connectivity index (χ0) is 26.1. The Morgan fingerprint density at radius 2 is 1.83 bits per heavy atom. The van der Waals surface area contributed by atoms with Crippen LogP contribution in [0, 0.1) is 0 Å². The monoisotopic (exact) mass is 590 g/mol. The Labute approximate surface area is 225 Å². The van der Waals surface area contributed by atoms with Crippen molar-refractivity contribution in [2.24, 2.45) is 4.99 Å². The Bertz CT molecular complexity index is 1540. The normalized spacial score (nSPS) is 15.6. The van der Waals surface area contributed by atoms with Crippen molar-refractivity contribution in [1.82, 2.24) is 4.57 Å². The lowest BCUT2D eigenvalue weighted by atomic mass is 9.96. The average Bonchev–Trinajstić information content (AvgIpc) is 3.12. The number of benzene rings is 2. The number of methoxy groups -OCH3 is 2. The average molecular weight is 592 g/mol. The molecule has 0 spiro atoms. The first-order valence-electron chi connectivity index (χ1n) is 11.0. The van der Waals surface area contributed by atoms with Crippen molar-refractivity contribution in [2.75, 3.05) is 14.2 Å². The van der Waals surface area contributed by atoms with Crippen molar-refractivity contribution in [3.8, 4) is 11.5 Å². The van der Waals surface area contributed by atoms with E-state index in [-0.39, 0.29) is 11.7 Å². The zero-order valence-electron chi connectivity index (χ0n) is 20.3. The van der Waals surface area contributed by atoms with Gasteiger partial charge in [0.1, 0.15) is 11.5 Å². The summed E-state index contributed by atoms with van der Waals surface area (Å²) in [6, 6.07) is 9.91. The number of esters is 1. The lowest BCUT2D eigenvalue weighted by Gasteiger charge is -2.25. The number of carbonyl (C=O) groups excluding carboxylic acids is 1. The summed E-state index contributed by atoms with van der Waals surface area (Å²) < 4.78 is 19.1. The summed E-state index contributed by atoms with van der Waals surface area (Å²) in [6.45, 7) is 5.31. The third-order valence-electron chi connectivity index (χ3n) is 5.56. The van der Waals surface area contributed by atoms with Gasteiger partial charge in [-0.25, -0.2) is 9.79 Å². The highest BCUT2D eigenvalue weighted by molar-refractivity contribution is 9.10. The van der Waals surface area contributed by atoms with E-state index in [0.717, 1.165) is 10.0 Å².